The van der Waals surface area contributed by atoms with Gasteiger partial charge in [-0.2, -0.15) is 13.2 Å². The molecule has 0 bridgehead atoms. The van der Waals surface area contributed by atoms with E-state index in [2.05, 4.69) is 76.3 Å². The van der Waals surface area contributed by atoms with Crippen LogP contribution in [0, 0.1) is 20.8 Å². The Morgan fingerprint density at radius 2 is 1.48 bits per heavy atom. The fourth-order valence-corrected chi connectivity index (χ4v) is 5.70. The standard InChI is InChI=1S/C29H33F3S.C4H9NO2/c1-19-7-9-22(10-8-19)26(15-16-29(30,31)32)33-25-17-20(2)27(21(3)18-25)23-11-13-24(14-12-23)28(4,5)6;1-5-3-2-4(6)7/h7-14,17-18,26H,15-16H2,1-6H3;5H,2-3H2,1H3,(H,6,7). The van der Waals surface area contributed by atoms with E-state index in [4.69, 9.17) is 5.11 Å². The summed E-state index contributed by atoms with van der Waals surface area (Å²) in [5, 5.41) is 10.5. The van der Waals surface area contributed by atoms with Crippen LogP contribution in [-0.2, 0) is 10.2 Å². The summed E-state index contributed by atoms with van der Waals surface area (Å²) in [5.74, 6) is -0.755. The van der Waals surface area contributed by atoms with Crippen molar-refractivity contribution < 1.29 is 23.1 Å². The highest BCUT2D eigenvalue weighted by Crippen LogP contribution is 2.43. The first-order valence-electron chi connectivity index (χ1n) is 13.5. The normalized spacial score (nSPS) is 12.4. The third-order valence-corrected chi connectivity index (χ3v) is 7.85. The third-order valence-electron chi connectivity index (χ3n) is 6.55. The molecule has 3 aromatic carbocycles. The Morgan fingerprint density at radius 1 is 0.925 bits per heavy atom. The first-order valence-corrected chi connectivity index (χ1v) is 14.4. The Bertz CT molecular complexity index is 1210. The quantitative estimate of drug-likeness (QED) is 0.250. The fraction of sp³-hybridized carbons (Fsp3) is 0.424. The smallest absolute Gasteiger partial charge is 0.389 e. The molecule has 0 aromatic heterocycles. The summed E-state index contributed by atoms with van der Waals surface area (Å²) in [5.41, 5.74) is 8.07. The number of rotatable bonds is 9. The van der Waals surface area contributed by atoms with E-state index in [-0.39, 0.29) is 23.5 Å². The van der Waals surface area contributed by atoms with Gasteiger partial charge in [0, 0.05) is 23.1 Å². The van der Waals surface area contributed by atoms with Gasteiger partial charge in [-0.1, -0.05) is 74.9 Å². The van der Waals surface area contributed by atoms with Gasteiger partial charge in [0.2, 0.25) is 0 Å². The van der Waals surface area contributed by atoms with Crippen LogP contribution in [0.1, 0.15) is 73.1 Å². The SMILES string of the molecule is CNCCC(=O)O.Cc1ccc(C(CCC(F)(F)F)Sc2cc(C)c(-c3ccc(C(C)(C)C)cc3)c(C)c2)cc1. The molecule has 0 saturated carbocycles. The number of hydrogen-bond acceptors (Lipinski definition) is 3. The van der Waals surface area contributed by atoms with Gasteiger partial charge in [-0.25, -0.2) is 0 Å². The van der Waals surface area contributed by atoms with Gasteiger partial charge >= 0.3 is 12.1 Å². The Hall–Kier alpha value is -2.77. The number of hydrogen-bond donors (Lipinski definition) is 2. The van der Waals surface area contributed by atoms with E-state index in [1.165, 1.54) is 28.5 Å². The van der Waals surface area contributed by atoms with Crippen LogP contribution in [0.3, 0.4) is 0 Å². The summed E-state index contributed by atoms with van der Waals surface area (Å²) in [4.78, 5) is 10.7. The molecule has 0 aliphatic rings. The van der Waals surface area contributed by atoms with Gasteiger partial charge in [0.25, 0.3) is 0 Å². The predicted octanol–water partition coefficient (Wildman–Crippen LogP) is 9.43. The molecule has 0 saturated heterocycles. The van der Waals surface area contributed by atoms with E-state index in [1.54, 1.807) is 7.05 Å². The highest BCUT2D eigenvalue weighted by atomic mass is 32.2. The van der Waals surface area contributed by atoms with Crippen molar-refractivity contribution in [2.75, 3.05) is 13.6 Å². The Morgan fingerprint density at radius 3 is 1.90 bits per heavy atom. The maximum atomic E-state index is 13.0. The number of aryl methyl sites for hydroxylation is 3. The average molecular weight is 574 g/mol. The van der Waals surface area contributed by atoms with Crippen molar-refractivity contribution in [3.63, 3.8) is 0 Å². The first kappa shape index (κ1) is 33.4. The van der Waals surface area contributed by atoms with Crippen molar-refractivity contribution in [3.8, 4) is 11.1 Å². The highest BCUT2D eigenvalue weighted by Gasteiger charge is 2.29. The van der Waals surface area contributed by atoms with Crippen LogP contribution in [0.5, 0.6) is 0 Å². The lowest BCUT2D eigenvalue weighted by Crippen LogP contribution is -2.11. The number of carbonyl (C=O) groups is 1. The summed E-state index contributed by atoms with van der Waals surface area (Å²) in [6, 6.07) is 20.8. The van der Waals surface area contributed by atoms with E-state index >= 15 is 0 Å². The van der Waals surface area contributed by atoms with Gasteiger partial charge in [0.15, 0.2) is 0 Å². The molecule has 0 heterocycles. The molecule has 218 valence electrons. The van der Waals surface area contributed by atoms with Crippen LogP contribution < -0.4 is 5.32 Å². The van der Waals surface area contributed by atoms with Crippen LogP contribution in [0.2, 0.25) is 0 Å². The number of thioether (sulfide) groups is 1. The molecule has 0 amide bonds. The minimum atomic E-state index is -4.15. The number of alkyl halides is 3. The second-order valence-electron chi connectivity index (χ2n) is 11.2. The molecule has 3 aromatic rings. The van der Waals surface area contributed by atoms with Gasteiger partial charge in [-0.05, 0) is 85.2 Å². The molecule has 3 rings (SSSR count). The Balaban J connectivity index is 0.000000708. The minimum absolute atomic E-state index is 0.0609. The van der Waals surface area contributed by atoms with Gasteiger partial charge in [-0.3, -0.25) is 4.79 Å². The molecule has 0 aliphatic carbocycles. The summed E-state index contributed by atoms with van der Waals surface area (Å²) in [7, 11) is 1.73. The molecule has 0 fully saturated rings. The van der Waals surface area contributed by atoms with E-state index in [9.17, 15) is 18.0 Å². The molecular weight excluding hydrogens is 531 g/mol. The second-order valence-corrected chi connectivity index (χ2v) is 12.5. The van der Waals surface area contributed by atoms with E-state index < -0.39 is 18.6 Å². The van der Waals surface area contributed by atoms with Crippen molar-refractivity contribution in [1.82, 2.24) is 5.32 Å². The molecule has 3 nitrogen and oxygen atoms in total. The molecule has 0 aliphatic heterocycles. The number of aliphatic carboxylic acids is 1. The predicted molar refractivity (Wildman–Crippen MR) is 161 cm³/mol. The van der Waals surface area contributed by atoms with Gasteiger partial charge in [-0.15, -0.1) is 11.8 Å². The molecule has 0 spiro atoms. The second kappa shape index (κ2) is 14.7. The van der Waals surface area contributed by atoms with Crippen LogP contribution in [0.4, 0.5) is 13.2 Å². The van der Waals surface area contributed by atoms with Crippen molar-refractivity contribution in [3.05, 3.63) is 88.5 Å². The van der Waals surface area contributed by atoms with Crippen LogP contribution in [0.25, 0.3) is 11.1 Å². The fourth-order valence-electron chi connectivity index (χ4n) is 4.35. The maximum absolute atomic E-state index is 13.0. The van der Waals surface area contributed by atoms with Gasteiger partial charge in [0.05, 0.1) is 6.42 Å². The number of benzene rings is 3. The number of nitrogens with one attached hydrogen (secondary N) is 1. The topological polar surface area (TPSA) is 49.3 Å². The van der Waals surface area contributed by atoms with Gasteiger partial charge < -0.3 is 10.4 Å². The van der Waals surface area contributed by atoms with E-state index in [1.807, 2.05) is 31.2 Å². The third kappa shape index (κ3) is 11.0. The zero-order valence-corrected chi connectivity index (χ0v) is 25.4. The van der Waals surface area contributed by atoms with Crippen LogP contribution in [-0.4, -0.2) is 30.8 Å². The summed E-state index contributed by atoms with van der Waals surface area (Å²) in [6.07, 6.45) is -4.67. The lowest BCUT2D eigenvalue weighted by Gasteiger charge is -2.21. The lowest BCUT2D eigenvalue weighted by molar-refractivity contribution is -0.137. The Kier molecular flexibility index (Phi) is 12.3. The molecule has 2 N–H and O–H groups in total. The monoisotopic (exact) mass is 573 g/mol. The van der Waals surface area contributed by atoms with Gasteiger partial charge in [0.1, 0.15) is 0 Å². The molecule has 1 atom stereocenters. The molecule has 7 heteroatoms. The number of halogens is 3. The highest BCUT2D eigenvalue weighted by molar-refractivity contribution is 7.99. The van der Waals surface area contributed by atoms with E-state index in [0.29, 0.717) is 6.54 Å². The lowest BCUT2D eigenvalue weighted by atomic mass is 9.85. The zero-order valence-electron chi connectivity index (χ0n) is 24.6. The largest absolute Gasteiger partial charge is 0.481 e. The van der Waals surface area contributed by atoms with Crippen molar-refractivity contribution in [1.29, 1.82) is 0 Å². The molecule has 0 radical (unpaired) electrons. The molecule has 40 heavy (non-hydrogen) atoms. The summed E-state index contributed by atoms with van der Waals surface area (Å²) in [6.45, 7) is 13.3. The maximum Gasteiger partial charge on any atom is 0.389 e. The van der Waals surface area contributed by atoms with Crippen molar-refractivity contribution in [2.45, 2.75) is 82.5 Å². The van der Waals surface area contributed by atoms with Crippen LogP contribution in [0.15, 0.2) is 65.6 Å². The summed E-state index contributed by atoms with van der Waals surface area (Å²) < 4.78 is 39.0. The first-order chi connectivity index (χ1) is 18.6. The summed E-state index contributed by atoms with van der Waals surface area (Å²) >= 11 is 1.53. The van der Waals surface area contributed by atoms with Crippen molar-refractivity contribution in [2.24, 2.45) is 0 Å². The molecule has 1 unspecified atom stereocenters. The number of carboxylic acid groups (broad SMARTS) is 1. The average Bonchev–Trinajstić information content (AvgIpc) is 2.85. The molecular formula is C33H42F3NO2S. The van der Waals surface area contributed by atoms with E-state index in [0.717, 1.165) is 27.1 Å². The van der Waals surface area contributed by atoms with Crippen molar-refractivity contribution >= 4 is 17.7 Å². The van der Waals surface area contributed by atoms with Crippen LogP contribution >= 0.6 is 11.8 Å². The number of carboxylic acids is 1. The minimum Gasteiger partial charge on any atom is -0.481 e. The zero-order chi connectivity index (χ0) is 30.1. The Labute approximate surface area is 241 Å².